The number of hydrogen-bond donors (Lipinski definition) is 0. The summed E-state index contributed by atoms with van der Waals surface area (Å²) in [7, 11) is 0. The monoisotopic (exact) mass is 323 g/mol. The van der Waals surface area contributed by atoms with Crippen molar-refractivity contribution in [2.24, 2.45) is 5.41 Å². The van der Waals surface area contributed by atoms with Crippen molar-refractivity contribution in [2.75, 3.05) is 0 Å². The molecule has 2 heterocycles. The van der Waals surface area contributed by atoms with Crippen LogP contribution in [-0.4, -0.2) is 4.57 Å². The van der Waals surface area contributed by atoms with E-state index >= 15 is 0 Å². The summed E-state index contributed by atoms with van der Waals surface area (Å²) in [6.45, 7) is 6.42. The minimum atomic E-state index is -0.805. The predicted octanol–water partition coefficient (Wildman–Crippen LogP) is 5.91. The maximum absolute atomic E-state index is 14.8. The van der Waals surface area contributed by atoms with Crippen LogP contribution in [0.15, 0.2) is 54.7 Å². The third kappa shape index (κ3) is 2.04. The largest absolute Gasteiger partial charge is 0.316 e. The summed E-state index contributed by atoms with van der Waals surface area (Å²) in [4.78, 5) is 0. The number of benzene rings is 2. The van der Waals surface area contributed by atoms with E-state index in [2.05, 4.69) is 26.8 Å². The molecule has 1 aliphatic heterocycles. The zero-order valence-electron chi connectivity index (χ0n) is 14.0. The zero-order chi connectivity index (χ0) is 17.1. The summed E-state index contributed by atoms with van der Waals surface area (Å²) in [6, 6.07) is 14.8. The lowest BCUT2D eigenvalue weighted by Crippen LogP contribution is -2.21. The Labute approximate surface area is 140 Å². The van der Waals surface area contributed by atoms with Crippen molar-refractivity contribution < 1.29 is 8.78 Å². The van der Waals surface area contributed by atoms with Crippen molar-refractivity contribution in [3.8, 4) is 16.9 Å². The number of hydrogen-bond acceptors (Lipinski definition) is 0. The van der Waals surface area contributed by atoms with Crippen molar-refractivity contribution in [1.82, 2.24) is 4.57 Å². The van der Waals surface area contributed by atoms with Crippen LogP contribution in [0.25, 0.3) is 16.9 Å². The smallest absolute Gasteiger partial charge is 0.168 e. The van der Waals surface area contributed by atoms with E-state index in [1.807, 2.05) is 41.1 Å². The Hall–Kier alpha value is -2.42. The summed E-state index contributed by atoms with van der Waals surface area (Å²) in [5, 5.41) is 0. The maximum atomic E-state index is 14.8. The highest BCUT2D eigenvalue weighted by atomic mass is 19.2. The fraction of sp³-hybridized carbons (Fsp3) is 0.238. The summed E-state index contributed by atoms with van der Waals surface area (Å²) >= 11 is 0. The van der Waals surface area contributed by atoms with E-state index in [0.29, 0.717) is 11.3 Å². The first kappa shape index (κ1) is 15.1. The van der Waals surface area contributed by atoms with E-state index in [4.69, 9.17) is 0 Å². The van der Waals surface area contributed by atoms with Crippen LogP contribution in [-0.2, 0) is 0 Å². The van der Waals surface area contributed by atoms with Gasteiger partial charge in [0.15, 0.2) is 11.6 Å². The van der Waals surface area contributed by atoms with Gasteiger partial charge in [0.05, 0.1) is 5.69 Å². The lowest BCUT2D eigenvalue weighted by molar-refractivity contribution is 0.358. The second-order valence-electron chi connectivity index (χ2n) is 7.45. The quantitative estimate of drug-likeness (QED) is 0.484. The Kier molecular flexibility index (Phi) is 3.17. The molecule has 0 saturated heterocycles. The van der Waals surface area contributed by atoms with Gasteiger partial charge in [-0.15, -0.1) is 0 Å². The van der Waals surface area contributed by atoms with Gasteiger partial charge in [-0.3, -0.25) is 0 Å². The SMILES string of the molecule is CC(C)(C)C1c2ccccc2-n2cccc2-c2c1ccc(F)c2F. The highest BCUT2D eigenvalue weighted by Gasteiger charge is 2.36. The minimum absolute atomic E-state index is 0.0290. The molecular weight excluding hydrogens is 304 g/mol. The van der Waals surface area contributed by atoms with Crippen LogP contribution in [0.1, 0.15) is 37.8 Å². The Morgan fingerprint density at radius 3 is 2.38 bits per heavy atom. The molecule has 1 unspecified atom stereocenters. The van der Waals surface area contributed by atoms with E-state index < -0.39 is 11.6 Å². The van der Waals surface area contributed by atoms with E-state index in [9.17, 15) is 8.78 Å². The molecule has 0 fully saturated rings. The van der Waals surface area contributed by atoms with E-state index in [0.717, 1.165) is 16.8 Å². The molecule has 0 bridgehead atoms. The number of halogens is 2. The molecule has 0 amide bonds. The van der Waals surface area contributed by atoms with Crippen LogP contribution >= 0.6 is 0 Å². The molecule has 3 aromatic rings. The van der Waals surface area contributed by atoms with Crippen LogP contribution in [0.3, 0.4) is 0 Å². The first-order valence-electron chi connectivity index (χ1n) is 8.14. The highest BCUT2D eigenvalue weighted by molar-refractivity contribution is 5.73. The van der Waals surface area contributed by atoms with Crippen molar-refractivity contribution in [3.63, 3.8) is 0 Å². The van der Waals surface area contributed by atoms with Crippen LogP contribution in [0, 0.1) is 17.0 Å². The molecule has 2 aromatic carbocycles. The second-order valence-corrected chi connectivity index (χ2v) is 7.45. The molecule has 1 aromatic heterocycles. The molecule has 24 heavy (non-hydrogen) atoms. The zero-order valence-corrected chi connectivity index (χ0v) is 14.0. The summed E-state index contributed by atoms with van der Waals surface area (Å²) < 4.78 is 30.8. The average molecular weight is 323 g/mol. The van der Waals surface area contributed by atoms with Crippen LogP contribution < -0.4 is 0 Å². The van der Waals surface area contributed by atoms with Gasteiger partial charge in [0.2, 0.25) is 0 Å². The third-order valence-electron chi connectivity index (χ3n) is 4.82. The predicted molar refractivity (Wildman–Crippen MR) is 92.4 cm³/mol. The number of fused-ring (bicyclic) bond motifs is 5. The van der Waals surface area contributed by atoms with Crippen molar-refractivity contribution >= 4 is 0 Å². The van der Waals surface area contributed by atoms with Gasteiger partial charge in [-0.25, -0.2) is 8.78 Å². The van der Waals surface area contributed by atoms with Gasteiger partial charge in [0.25, 0.3) is 0 Å². The lowest BCUT2D eigenvalue weighted by atomic mass is 9.71. The topological polar surface area (TPSA) is 4.93 Å². The Bertz CT molecular complexity index is 931. The van der Waals surface area contributed by atoms with Gasteiger partial charge < -0.3 is 4.57 Å². The molecule has 122 valence electrons. The van der Waals surface area contributed by atoms with E-state index in [1.165, 1.54) is 6.07 Å². The van der Waals surface area contributed by atoms with E-state index in [-0.39, 0.29) is 11.3 Å². The van der Waals surface area contributed by atoms with Gasteiger partial charge in [0, 0.05) is 23.4 Å². The number of rotatable bonds is 0. The molecule has 0 spiro atoms. The summed E-state index contributed by atoms with van der Waals surface area (Å²) in [6.07, 6.45) is 1.91. The molecule has 3 heteroatoms. The Morgan fingerprint density at radius 2 is 1.62 bits per heavy atom. The number of aromatic nitrogens is 1. The Balaban J connectivity index is 2.19. The van der Waals surface area contributed by atoms with Gasteiger partial charge in [-0.2, -0.15) is 0 Å². The third-order valence-corrected chi connectivity index (χ3v) is 4.82. The maximum Gasteiger partial charge on any atom is 0.168 e. The average Bonchev–Trinajstić information content (AvgIpc) is 2.95. The molecule has 0 saturated carbocycles. The van der Waals surface area contributed by atoms with Crippen molar-refractivity contribution in [3.05, 3.63) is 77.5 Å². The molecule has 1 aliphatic rings. The van der Waals surface area contributed by atoms with Crippen LogP contribution in [0.4, 0.5) is 8.78 Å². The first-order valence-corrected chi connectivity index (χ1v) is 8.14. The minimum Gasteiger partial charge on any atom is -0.316 e. The second kappa shape index (κ2) is 5.04. The number of nitrogens with zero attached hydrogens (tertiary/aromatic N) is 1. The van der Waals surface area contributed by atoms with Crippen LogP contribution in [0.2, 0.25) is 0 Å². The fourth-order valence-corrected chi connectivity index (χ4v) is 3.91. The molecule has 0 N–H and O–H groups in total. The molecule has 0 aliphatic carbocycles. The van der Waals surface area contributed by atoms with Gasteiger partial charge in [0.1, 0.15) is 0 Å². The normalized spacial score (nSPS) is 16.1. The van der Waals surface area contributed by atoms with Crippen molar-refractivity contribution in [2.45, 2.75) is 26.7 Å². The van der Waals surface area contributed by atoms with Gasteiger partial charge in [-0.1, -0.05) is 45.0 Å². The molecule has 1 nitrogen and oxygen atoms in total. The number of para-hydroxylation sites is 1. The molecule has 1 atom stereocenters. The summed E-state index contributed by atoms with van der Waals surface area (Å²) in [5.74, 6) is -1.60. The fourth-order valence-electron chi connectivity index (χ4n) is 3.91. The Morgan fingerprint density at radius 1 is 0.875 bits per heavy atom. The lowest BCUT2D eigenvalue weighted by Gasteiger charge is -2.32. The molecular formula is C21H19F2N. The van der Waals surface area contributed by atoms with Gasteiger partial charge >= 0.3 is 0 Å². The standard InChI is InChI=1S/C21H19F2N/c1-21(2,3)19-13-7-4-5-8-16(13)24-12-6-9-17(24)18-14(19)10-11-15(22)20(18)23/h4-12,19H,1-3H3. The highest BCUT2D eigenvalue weighted by Crippen LogP contribution is 2.49. The molecule has 4 rings (SSSR count). The van der Waals surface area contributed by atoms with Crippen LogP contribution in [0.5, 0.6) is 0 Å². The first-order chi connectivity index (χ1) is 11.4. The molecule has 0 radical (unpaired) electrons. The van der Waals surface area contributed by atoms with Gasteiger partial charge in [-0.05, 0) is 40.8 Å². The van der Waals surface area contributed by atoms with Crippen molar-refractivity contribution in [1.29, 1.82) is 0 Å². The summed E-state index contributed by atoms with van der Waals surface area (Å²) in [5.41, 5.74) is 3.92. The van der Waals surface area contributed by atoms with E-state index in [1.54, 1.807) is 6.07 Å².